The highest BCUT2D eigenvalue weighted by atomic mass is 19.4. The summed E-state index contributed by atoms with van der Waals surface area (Å²) in [6, 6.07) is 3.47. The van der Waals surface area contributed by atoms with Crippen LogP contribution in [-0.2, 0) is 4.79 Å². The molecule has 2 heterocycles. The number of carbonyl (C=O) groups excluding carboxylic acids is 2. The fourth-order valence-corrected chi connectivity index (χ4v) is 2.70. The number of amides is 3. The highest BCUT2D eigenvalue weighted by Crippen LogP contribution is 2.30. The fraction of sp³-hybridized carbons (Fsp3) is 0.316. The monoisotopic (exact) mass is 409 g/mol. The van der Waals surface area contributed by atoms with Gasteiger partial charge in [-0.25, -0.2) is 14.7 Å². The van der Waals surface area contributed by atoms with Crippen LogP contribution in [-0.4, -0.2) is 35.0 Å². The van der Waals surface area contributed by atoms with Gasteiger partial charge in [0, 0.05) is 6.07 Å². The molecule has 10 heteroatoms. The zero-order valence-electron chi connectivity index (χ0n) is 15.8. The van der Waals surface area contributed by atoms with Gasteiger partial charge in [-0.1, -0.05) is 6.07 Å². The topological polar surface area (TPSA) is 80.2 Å². The number of halogens is 3. The van der Waals surface area contributed by atoms with Crippen LogP contribution in [0.1, 0.15) is 25.8 Å². The predicted molar refractivity (Wildman–Crippen MR) is 97.2 cm³/mol. The van der Waals surface area contributed by atoms with Crippen molar-refractivity contribution in [2.45, 2.75) is 39.1 Å². The van der Waals surface area contributed by atoms with Crippen molar-refractivity contribution in [2.24, 2.45) is 4.99 Å². The van der Waals surface area contributed by atoms with Gasteiger partial charge in [-0.3, -0.25) is 4.79 Å². The molecule has 1 N–H and O–H groups in total. The minimum atomic E-state index is -4.82. The first-order chi connectivity index (χ1) is 13.5. The number of imide groups is 1. The highest BCUT2D eigenvalue weighted by molar-refractivity contribution is 6.08. The third-order valence-corrected chi connectivity index (χ3v) is 4.15. The van der Waals surface area contributed by atoms with Crippen molar-refractivity contribution in [3.63, 3.8) is 0 Å². The van der Waals surface area contributed by atoms with Crippen LogP contribution in [0.25, 0.3) is 0 Å². The SMILES string of the molecule is Cc1ccc(OC2=CCC=C(N3C(=O)NC(C)(C)C3=O)N=C2)cc1OC(F)(F)F. The number of benzene rings is 1. The van der Waals surface area contributed by atoms with E-state index in [0.717, 1.165) is 11.0 Å². The predicted octanol–water partition coefficient (Wildman–Crippen LogP) is 3.80. The number of hydrogen-bond donors (Lipinski definition) is 1. The molecule has 1 saturated heterocycles. The van der Waals surface area contributed by atoms with Crippen molar-refractivity contribution < 1.29 is 32.2 Å². The van der Waals surface area contributed by atoms with E-state index in [1.807, 2.05) is 0 Å². The van der Waals surface area contributed by atoms with Crippen molar-refractivity contribution in [3.05, 3.63) is 47.5 Å². The minimum Gasteiger partial charge on any atom is -0.456 e. The minimum absolute atomic E-state index is 0.118. The number of carbonyl (C=O) groups is 2. The summed E-state index contributed by atoms with van der Waals surface area (Å²) in [7, 11) is 0. The Labute approximate surface area is 164 Å². The Morgan fingerprint density at radius 3 is 2.55 bits per heavy atom. The number of nitrogens with zero attached hydrogens (tertiary/aromatic N) is 2. The molecule has 1 aromatic carbocycles. The van der Waals surface area contributed by atoms with Crippen LogP contribution < -0.4 is 14.8 Å². The summed E-state index contributed by atoms with van der Waals surface area (Å²) in [5.41, 5.74) is -0.744. The number of urea groups is 1. The Bertz CT molecular complexity index is 949. The van der Waals surface area contributed by atoms with Crippen LogP contribution in [0.15, 0.2) is 46.9 Å². The van der Waals surface area contributed by atoms with E-state index in [9.17, 15) is 22.8 Å². The average molecular weight is 409 g/mol. The first kappa shape index (κ1) is 20.4. The van der Waals surface area contributed by atoms with Crippen LogP contribution in [0, 0.1) is 6.92 Å². The number of ether oxygens (including phenoxy) is 2. The van der Waals surface area contributed by atoms with Gasteiger partial charge in [0.05, 0.1) is 6.21 Å². The normalized spacial score (nSPS) is 18.8. The second kappa shape index (κ2) is 7.26. The lowest BCUT2D eigenvalue weighted by atomic mass is 10.1. The Balaban J connectivity index is 1.75. The van der Waals surface area contributed by atoms with Gasteiger partial charge in [0.25, 0.3) is 5.91 Å². The smallest absolute Gasteiger partial charge is 0.456 e. The molecule has 0 spiro atoms. The number of nitrogens with one attached hydrogen (secondary N) is 1. The molecule has 1 aromatic rings. The maximum atomic E-state index is 12.5. The molecule has 3 amide bonds. The number of aryl methyl sites for hydroxylation is 1. The number of allylic oxidation sites excluding steroid dienone is 3. The van der Waals surface area contributed by atoms with Crippen molar-refractivity contribution in [2.75, 3.05) is 0 Å². The van der Waals surface area contributed by atoms with Crippen molar-refractivity contribution in [1.82, 2.24) is 10.2 Å². The maximum absolute atomic E-state index is 12.5. The molecule has 154 valence electrons. The van der Waals surface area contributed by atoms with E-state index in [2.05, 4.69) is 15.0 Å². The summed E-state index contributed by atoms with van der Waals surface area (Å²) in [5, 5.41) is 2.56. The molecule has 0 aliphatic carbocycles. The van der Waals surface area contributed by atoms with E-state index in [1.54, 1.807) is 26.0 Å². The first-order valence-corrected chi connectivity index (χ1v) is 8.61. The van der Waals surface area contributed by atoms with E-state index in [-0.39, 0.29) is 23.1 Å². The molecular formula is C19H18F3N3O4. The number of rotatable bonds is 4. The third-order valence-electron chi connectivity index (χ3n) is 4.15. The third kappa shape index (κ3) is 4.58. The zero-order valence-corrected chi connectivity index (χ0v) is 15.8. The summed E-state index contributed by atoms with van der Waals surface area (Å²) < 4.78 is 47.1. The number of hydrogen-bond acceptors (Lipinski definition) is 5. The molecular weight excluding hydrogens is 391 g/mol. The Morgan fingerprint density at radius 2 is 1.93 bits per heavy atom. The summed E-state index contributed by atoms with van der Waals surface area (Å²) in [5.74, 6) is -0.321. The molecule has 0 unspecified atom stereocenters. The fourth-order valence-electron chi connectivity index (χ4n) is 2.70. The summed E-state index contributed by atoms with van der Waals surface area (Å²) in [6.07, 6.45) is -0.0556. The lowest BCUT2D eigenvalue weighted by molar-refractivity contribution is -0.274. The molecule has 2 aliphatic heterocycles. The Morgan fingerprint density at radius 1 is 1.21 bits per heavy atom. The van der Waals surface area contributed by atoms with Crippen LogP contribution in [0.4, 0.5) is 18.0 Å². The lowest BCUT2D eigenvalue weighted by Crippen LogP contribution is -2.40. The molecule has 7 nitrogen and oxygen atoms in total. The van der Waals surface area contributed by atoms with Gasteiger partial charge in [0.2, 0.25) is 0 Å². The molecule has 1 fully saturated rings. The molecule has 0 atom stereocenters. The standard InChI is InChI=1S/C19H18F3N3O4/c1-11-7-8-12(9-14(11)29-19(20,21)22)28-13-5-4-6-15(23-10-13)25-16(26)18(2,3)24-17(25)27/h5-10H,4H2,1-3H3,(H,24,27). The second-order valence-electron chi connectivity index (χ2n) is 6.94. The summed E-state index contributed by atoms with van der Waals surface area (Å²) >= 11 is 0. The van der Waals surface area contributed by atoms with Crippen LogP contribution in [0.5, 0.6) is 11.5 Å². The van der Waals surface area contributed by atoms with Crippen molar-refractivity contribution in [1.29, 1.82) is 0 Å². The Hall–Kier alpha value is -3.30. The van der Waals surface area contributed by atoms with Crippen LogP contribution >= 0.6 is 0 Å². The lowest BCUT2D eigenvalue weighted by Gasteiger charge is -2.15. The molecule has 29 heavy (non-hydrogen) atoms. The quantitative estimate of drug-likeness (QED) is 0.767. The zero-order chi connectivity index (χ0) is 21.4. The van der Waals surface area contributed by atoms with E-state index in [1.165, 1.54) is 25.3 Å². The largest absolute Gasteiger partial charge is 0.573 e. The van der Waals surface area contributed by atoms with Gasteiger partial charge in [0.1, 0.15) is 28.6 Å². The molecule has 0 radical (unpaired) electrons. The second-order valence-corrected chi connectivity index (χ2v) is 6.94. The van der Waals surface area contributed by atoms with E-state index in [4.69, 9.17) is 4.74 Å². The van der Waals surface area contributed by atoms with Gasteiger partial charge in [-0.15, -0.1) is 13.2 Å². The highest BCUT2D eigenvalue weighted by Gasteiger charge is 2.46. The molecule has 0 saturated carbocycles. The molecule has 2 aliphatic rings. The average Bonchev–Trinajstić information content (AvgIpc) is 2.75. The summed E-state index contributed by atoms with van der Waals surface area (Å²) in [6.45, 7) is 4.64. The summed E-state index contributed by atoms with van der Waals surface area (Å²) in [4.78, 5) is 29.5. The van der Waals surface area contributed by atoms with Crippen molar-refractivity contribution in [3.8, 4) is 11.5 Å². The van der Waals surface area contributed by atoms with E-state index >= 15 is 0 Å². The number of aliphatic imine (C=N–C) groups is 1. The molecule has 0 aromatic heterocycles. The van der Waals surface area contributed by atoms with E-state index in [0.29, 0.717) is 12.0 Å². The van der Waals surface area contributed by atoms with Gasteiger partial charge in [0.15, 0.2) is 0 Å². The molecule has 0 bridgehead atoms. The van der Waals surface area contributed by atoms with Gasteiger partial charge >= 0.3 is 12.4 Å². The first-order valence-electron chi connectivity index (χ1n) is 8.61. The van der Waals surface area contributed by atoms with Crippen LogP contribution in [0.2, 0.25) is 0 Å². The van der Waals surface area contributed by atoms with E-state index < -0.39 is 23.8 Å². The Kier molecular flexibility index (Phi) is 5.12. The van der Waals surface area contributed by atoms with Gasteiger partial charge < -0.3 is 14.8 Å². The maximum Gasteiger partial charge on any atom is 0.573 e. The van der Waals surface area contributed by atoms with Crippen LogP contribution in [0.3, 0.4) is 0 Å². The van der Waals surface area contributed by atoms with Gasteiger partial charge in [-0.05, 0) is 51.0 Å². The molecule has 3 rings (SSSR count). The van der Waals surface area contributed by atoms with Gasteiger partial charge in [-0.2, -0.15) is 0 Å². The van der Waals surface area contributed by atoms with Crippen molar-refractivity contribution >= 4 is 18.2 Å². The number of alkyl halides is 3.